The van der Waals surface area contributed by atoms with Crippen LogP contribution in [0.15, 0.2) is 18.5 Å². The van der Waals surface area contributed by atoms with Crippen molar-refractivity contribution in [3.63, 3.8) is 0 Å². The Balaban J connectivity index is 1.84. The number of aryl methyl sites for hydroxylation is 2. The van der Waals surface area contributed by atoms with Crippen molar-refractivity contribution in [3.8, 4) is 0 Å². The third-order valence-corrected chi connectivity index (χ3v) is 2.16. The van der Waals surface area contributed by atoms with Crippen LogP contribution in [0.5, 0.6) is 0 Å². The first-order valence-electron chi connectivity index (χ1n) is 4.31. The fourth-order valence-electron chi connectivity index (χ4n) is 1.19. The molecule has 0 radical (unpaired) electrons. The van der Waals surface area contributed by atoms with Gasteiger partial charge >= 0.3 is 0 Å². The molecule has 0 bridgehead atoms. The predicted molar refractivity (Wildman–Crippen MR) is 52.1 cm³/mol. The number of aromatic nitrogens is 6. The Morgan fingerprint density at radius 1 is 1.43 bits per heavy atom. The number of hydrogen-bond donors (Lipinski definition) is 1. The molecule has 0 saturated carbocycles. The first kappa shape index (κ1) is 9.07. The van der Waals surface area contributed by atoms with Crippen molar-refractivity contribution in [2.75, 3.05) is 0 Å². The van der Waals surface area contributed by atoms with E-state index in [0.29, 0.717) is 4.77 Å². The second kappa shape index (κ2) is 4.14. The van der Waals surface area contributed by atoms with Gasteiger partial charge in [-0.2, -0.15) is 10.3 Å². The van der Waals surface area contributed by atoms with Crippen LogP contribution < -0.4 is 0 Å². The molecule has 2 aromatic heterocycles. The summed E-state index contributed by atoms with van der Waals surface area (Å²) in [7, 11) is 0. The highest BCUT2D eigenvalue weighted by Crippen LogP contribution is 1.93. The molecule has 0 aliphatic carbocycles. The van der Waals surface area contributed by atoms with Crippen LogP contribution in [0.1, 0.15) is 6.42 Å². The lowest BCUT2D eigenvalue weighted by atomic mass is 10.4. The molecule has 2 aromatic rings. The lowest BCUT2D eigenvalue weighted by Gasteiger charge is -2.01. The van der Waals surface area contributed by atoms with E-state index in [-0.39, 0.29) is 0 Å². The molecule has 6 nitrogen and oxygen atoms in total. The minimum absolute atomic E-state index is 0.491. The zero-order chi connectivity index (χ0) is 9.80. The molecule has 0 unspecified atom stereocenters. The van der Waals surface area contributed by atoms with Crippen molar-refractivity contribution in [2.45, 2.75) is 19.5 Å². The topological polar surface area (TPSA) is 64.3 Å². The van der Waals surface area contributed by atoms with Gasteiger partial charge in [0.05, 0.1) is 0 Å². The van der Waals surface area contributed by atoms with E-state index in [9.17, 15) is 0 Å². The summed E-state index contributed by atoms with van der Waals surface area (Å²) < 4.78 is 4.11. The number of H-pyrrole nitrogens is 1. The van der Waals surface area contributed by atoms with Gasteiger partial charge in [-0.05, 0) is 24.7 Å². The predicted octanol–water partition coefficient (Wildman–Crippen LogP) is 0.622. The fourth-order valence-corrected chi connectivity index (χ4v) is 1.36. The molecule has 0 atom stereocenters. The van der Waals surface area contributed by atoms with E-state index in [0.717, 1.165) is 19.5 Å². The van der Waals surface area contributed by atoms with E-state index in [2.05, 4.69) is 20.6 Å². The van der Waals surface area contributed by atoms with Crippen molar-refractivity contribution in [2.24, 2.45) is 0 Å². The Bertz CT molecular complexity index is 427. The first-order chi connectivity index (χ1) is 6.86. The van der Waals surface area contributed by atoms with E-state index >= 15 is 0 Å². The molecule has 74 valence electrons. The van der Waals surface area contributed by atoms with Crippen molar-refractivity contribution in [1.82, 2.24) is 30.0 Å². The molecule has 0 amide bonds. The van der Waals surface area contributed by atoms with Crippen LogP contribution in [-0.4, -0.2) is 30.0 Å². The van der Waals surface area contributed by atoms with E-state index in [4.69, 9.17) is 12.2 Å². The second-order valence-electron chi connectivity index (χ2n) is 2.86. The molecule has 0 saturated heterocycles. The number of nitrogens with zero attached hydrogens (tertiary/aromatic N) is 5. The average Bonchev–Trinajstić information content (AvgIpc) is 2.78. The molecule has 0 aliphatic heterocycles. The highest BCUT2D eigenvalue weighted by Gasteiger charge is 1.95. The number of hydrogen-bond acceptors (Lipinski definition) is 4. The molecule has 0 aliphatic rings. The van der Waals surface area contributed by atoms with E-state index in [1.807, 2.05) is 16.9 Å². The number of rotatable bonds is 4. The van der Waals surface area contributed by atoms with E-state index < -0.39 is 0 Å². The summed E-state index contributed by atoms with van der Waals surface area (Å²) in [6, 6.07) is 1.91. The molecule has 0 fully saturated rings. The molecular formula is C7H10N6S. The maximum absolute atomic E-state index is 4.93. The summed E-state index contributed by atoms with van der Waals surface area (Å²) in [6.45, 7) is 1.65. The smallest absolute Gasteiger partial charge is 0.238 e. The molecule has 2 rings (SSSR count). The van der Waals surface area contributed by atoms with Gasteiger partial charge in [0.25, 0.3) is 0 Å². The van der Waals surface area contributed by atoms with Gasteiger partial charge in [-0.25, -0.2) is 4.68 Å². The third-order valence-electron chi connectivity index (χ3n) is 1.86. The lowest BCUT2D eigenvalue weighted by molar-refractivity contribution is 0.489. The average molecular weight is 210 g/mol. The summed E-state index contributed by atoms with van der Waals surface area (Å²) in [4.78, 5) is 0. The quantitative estimate of drug-likeness (QED) is 0.751. The van der Waals surface area contributed by atoms with Crippen LogP contribution in [0.3, 0.4) is 0 Å². The Hall–Kier alpha value is -1.50. The maximum Gasteiger partial charge on any atom is 0.238 e. The van der Waals surface area contributed by atoms with Crippen molar-refractivity contribution < 1.29 is 0 Å². The van der Waals surface area contributed by atoms with Gasteiger partial charge in [-0.3, -0.25) is 4.68 Å². The molecule has 0 aromatic carbocycles. The summed E-state index contributed by atoms with van der Waals surface area (Å²) >= 11 is 4.93. The summed E-state index contributed by atoms with van der Waals surface area (Å²) in [5, 5.41) is 14.1. The monoisotopic (exact) mass is 210 g/mol. The van der Waals surface area contributed by atoms with Gasteiger partial charge < -0.3 is 0 Å². The molecule has 1 N–H and O–H groups in total. The Morgan fingerprint density at radius 3 is 3.00 bits per heavy atom. The van der Waals surface area contributed by atoms with Gasteiger partial charge in [-0.1, -0.05) is 10.3 Å². The number of tetrazole rings is 1. The Labute approximate surface area is 85.5 Å². The van der Waals surface area contributed by atoms with Gasteiger partial charge in [0.15, 0.2) is 0 Å². The summed E-state index contributed by atoms with van der Waals surface area (Å²) in [6.07, 6.45) is 4.65. The number of aromatic amines is 1. The number of nitrogens with one attached hydrogen (secondary N) is 1. The SMILES string of the molecule is S=c1nn[nH]n1CCCn1cccn1. The van der Waals surface area contributed by atoms with Crippen LogP contribution in [0.2, 0.25) is 0 Å². The molecule has 7 heteroatoms. The maximum atomic E-state index is 4.93. The van der Waals surface area contributed by atoms with Crippen LogP contribution in [0, 0.1) is 4.77 Å². The van der Waals surface area contributed by atoms with Crippen molar-refractivity contribution in [1.29, 1.82) is 0 Å². The van der Waals surface area contributed by atoms with Crippen LogP contribution in [0.25, 0.3) is 0 Å². The van der Waals surface area contributed by atoms with E-state index in [1.54, 1.807) is 10.9 Å². The highest BCUT2D eigenvalue weighted by molar-refractivity contribution is 7.71. The Morgan fingerprint density at radius 2 is 2.36 bits per heavy atom. The lowest BCUT2D eigenvalue weighted by Crippen LogP contribution is -2.05. The molecule has 14 heavy (non-hydrogen) atoms. The zero-order valence-electron chi connectivity index (χ0n) is 7.50. The molecular weight excluding hydrogens is 200 g/mol. The van der Waals surface area contributed by atoms with Gasteiger partial charge in [0.2, 0.25) is 4.77 Å². The Kier molecular flexibility index (Phi) is 2.68. The van der Waals surface area contributed by atoms with Gasteiger partial charge in [0.1, 0.15) is 0 Å². The van der Waals surface area contributed by atoms with Crippen LogP contribution in [-0.2, 0) is 13.1 Å². The van der Waals surface area contributed by atoms with Gasteiger partial charge in [0, 0.05) is 25.5 Å². The fraction of sp³-hybridized carbons (Fsp3) is 0.429. The normalized spacial score (nSPS) is 10.6. The van der Waals surface area contributed by atoms with Gasteiger partial charge in [-0.15, -0.1) is 0 Å². The largest absolute Gasteiger partial charge is 0.273 e. The highest BCUT2D eigenvalue weighted by atomic mass is 32.1. The molecule has 2 heterocycles. The standard InChI is InChI=1S/C7H10N6S/c14-7-9-10-11-13(7)6-2-5-12-4-1-3-8-12/h1,3-4H,2,5-6H2,(H,9,11,14). The second-order valence-corrected chi connectivity index (χ2v) is 3.22. The minimum Gasteiger partial charge on any atom is -0.273 e. The van der Waals surface area contributed by atoms with Crippen LogP contribution in [0.4, 0.5) is 0 Å². The van der Waals surface area contributed by atoms with E-state index in [1.165, 1.54) is 0 Å². The summed E-state index contributed by atoms with van der Waals surface area (Å²) in [5.41, 5.74) is 0. The third kappa shape index (κ3) is 2.05. The molecule has 0 spiro atoms. The van der Waals surface area contributed by atoms with Crippen molar-refractivity contribution in [3.05, 3.63) is 23.2 Å². The van der Waals surface area contributed by atoms with Crippen LogP contribution >= 0.6 is 12.2 Å². The summed E-state index contributed by atoms with van der Waals surface area (Å²) in [5.74, 6) is 0. The minimum atomic E-state index is 0.491. The van der Waals surface area contributed by atoms with Crippen molar-refractivity contribution >= 4 is 12.2 Å². The zero-order valence-corrected chi connectivity index (χ0v) is 8.31. The first-order valence-corrected chi connectivity index (χ1v) is 4.72.